The molecule has 3 nitrogen and oxygen atoms in total. The molecule has 0 aliphatic carbocycles. The molecule has 0 aromatic carbocycles. The summed E-state index contributed by atoms with van der Waals surface area (Å²) in [6.45, 7) is 9.24. The number of hydrogen-bond acceptors (Lipinski definition) is 3. The molecule has 0 aromatic rings. The van der Waals surface area contributed by atoms with Crippen molar-refractivity contribution in [1.82, 2.24) is 0 Å². The molecule has 0 spiro atoms. The van der Waals surface area contributed by atoms with Crippen molar-refractivity contribution in [2.75, 3.05) is 0 Å². The van der Waals surface area contributed by atoms with E-state index < -0.39 is 5.60 Å². The van der Waals surface area contributed by atoms with Crippen LogP contribution in [0, 0.1) is 5.92 Å². The summed E-state index contributed by atoms with van der Waals surface area (Å²) >= 11 is 0. The first kappa shape index (κ1) is 11.4. The van der Waals surface area contributed by atoms with Crippen molar-refractivity contribution in [3.05, 3.63) is 0 Å². The molecule has 0 N–H and O–H groups in total. The molecule has 0 saturated carbocycles. The van der Waals surface area contributed by atoms with Crippen molar-refractivity contribution in [1.29, 1.82) is 0 Å². The number of hydrogen-bond donors (Lipinski definition) is 0. The summed E-state index contributed by atoms with van der Waals surface area (Å²) in [5.74, 6) is -0.389. The summed E-state index contributed by atoms with van der Waals surface area (Å²) in [5, 5.41) is 0. The van der Waals surface area contributed by atoms with Crippen LogP contribution in [0.3, 0.4) is 0 Å². The first-order valence-corrected chi connectivity index (χ1v) is 4.26. The van der Waals surface area contributed by atoms with Crippen LogP contribution in [0.15, 0.2) is 0 Å². The first-order valence-electron chi connectivity index (χ1n) is 4.26. The zero-order valence-corrected chi connectivity index (χ0v) is 8.51. The lowest BCUT2D eigenvalue weighted by Crippen LogP contribution is -2.24. The lowest BCUT2D eigenvalue weighted by Gasteiger charge is -2.17. The fraction of sp³-hybridized carbons (Fsp3) is 0.889. The van der Waals surface area contributed by atoms with Gasteiger partial charge in [-0.1, -0.05) is 13.8 Å². The Labute approximate surface area is 74.0 Å². The van der Waals surface area contributed by atoms with Crippen molar-refractivity contribution in [2.45, 2.75) is 46.6 Å². The minimum Gasteiger partial charge on any atom is -0.298 e. The summed E-state index contributed by atoms with van der Waals surface area (Å²) in [5.41, 5.74) is -0.427. The highest BCUT2D eigenvalue weighted by atomic mass is 17.2. The maximum Gasteiger partial charge on any atom is 0.345 e. The molecule has 0 aliphatic heterocycles. The second-order valence-electron chi connectivity index (χ2n) is 3.91. The van der Waals surface area contributed by atoms with Gasteiger partial charge in [0.2, 0.25) is 0 Å². The number of rotatable bonds is 3. The Morgan fingerprint density at radius 3 is 2.25 bits per heavy atom. The van der Waals surface area contributed by atoms with Crippen LogP contribution in [0.4, 0.5) is 0 Å². The van der Waals surface area contributed by atoms with E-state index in [0.717, 1.165) is 6.42 Å². The molecular weight excluding hydrogens is 156 g/mol. The summed E-state index contributed by atoms with van der Waals surface area (Å²) in [7, 11) is 0. The SMILES string of the molecule is CCC(C)C(=O)OOC(C)(C)C. The lowest BCUT2D eigenvalue weighted by molar-refractivity contribution is -0.322. The van der Waals surface area contributed by atoms with Gasteiger partial charge in [-0.05, 0) is 27.2 Å². The molecular formula is C9H18O3. The van der Waals surface area contributed by atoms with Crippen molar-refractivity contribution < 1.29 is 14.6 Å². The van der Waals surface area contributed by atoms with E-state index in [1.165, 1.54) is 0 Å². The molecule has 0 aliphatic rings. The van der Waals surface area contributed by atoms with Crippen LogP contribution in [0.25, 0.3) is 0 Å². The average Bonchev–Trinajstić information content (AvgIpc) is 1.97. The Kier molecular flexibility index (Phi) is 4.24. The number of carbonyl (C=O) groups excluding carboxylic acids is 1. The molecule has 72 valence electrons. The highest BCUT2D eigenvalue weighted by molar-refractivity contribution is 5.71. The van der Waals surface area contributed by atoms with Gasteiger partial charge in [-0.3, -0.25) is 4.89 Å². The average molecular weight is 174 g/mol. The highest BCUT2D eigenvalue weighted by Gasteiger charge is 2.18. The normalized spacial score (nSPS) is 14.1. The third kappa shape index (κ3) is 5.13. The largest absolute Gasteiger partial charge is 0.345 e. The summed E-state index contributed by atoms with van der Waals surface area (Å²) < 4.78 is 0. The standard InChI is InChI=1S/C9H18O3/c1-6-7(2)8(10)11-12-9(3,4)5/h7H,6H2,1-5H3. The van der Waals surface area contributed by atoms with Gasteiger partial charge in [0.15, 0.2) is 0 Å². The van der Waals surface area contributed by atoms with Gasteiger partial charge in [0.05, 0.1) is 5.92 Å². The molecule has 3 heteroatoms. The third-order valence-electron chi connectivity index (χ3n) is 1.39. The lowest BCUT2D eigenvalue weighted by atomic mass is 10.1. The van der Waals surface area contributed by atoms with Gasteiger partial charge in [-0.15, -0.1) is 0 Å². The molecule has 12 heavy (non-hydrogen) atoms. The predicted octanol–water partition coefficient (Wildman–Crippen LogP) is 2.31. The van der Waals surface area contributed by atoms with E-state index >= 15 is 0 Å². The van der Waals surface area contributed by atoms with Crippen LogP contribution >= 0.6 is 0 Å². The predicted molar refractivity (Wildman–Crippen MR) is 46.4 cm³/mol. The van der Waals surface area contributed by atoms with E-state index in [4.69, 9.17) is 4.89 Å². The van der Waals surface area contributed by atoms with Gasteiger partial charge in [0.1, 0.15) is 5.60 Å². The van der Waals surface area contributed by atoms with Crippen molar-refractivity contribution in [2.24, 2.45) is 5.92 Å². The highest BCUT2D eigenvalue weighted by Crippen LogP contribution is 2.10. The fourth-order valence-corrected chi connectivity index (χ4v) is 0.415. The van der Waals surface area contributed by atoms with Crippen LogP contribution in [0.1, 0.15) is 41.0 Å². The second kappa shape index (κ2) is 4.45. The Hall–Kier alpha value is -0.570. The first-order chi connectivity index (χ1) is 5.37. The zero-order chi connectivity index (χ0) is 9.78. The van der Waals surface area contributed by atoms with Gasteiger partial charge in [0.25, 0.3) is 0 Å². The molecule has 0 heterocycles. The summed E-state index contributed by atoms with van der Waals surface area (Å²) in [6.07, 6.45) is 0.770. The monoisotopic (exact) mass is 174 g/mol. The minimum atomic E-state index is -0.427. The van der Waals surface area contributed by atoms with Gasteiger partial charge >= 0.3 is 5.97 Å². The van der Waals surface area contributed by atoms with Crippen LogP contribution < -0.4 is 0 Å². The zero-order valence-electron chi connectivity index (χ0n) is 8.51. The van der Waals surface area contributed by atoms with E-state index in [2.05, 4.69) is 4.89 Å². The van der Waals surface area contributed by atoms with Crippen molar-refractivity contribution in [3.63, 3.8) is 0 Å². The Bertz CT molecular complexity index is 146. The maximum atomic E-state index is 11.1. The third-order valence-corrected chi connectivity index (χ3v) is 1.39. The van der Waals surface area contributed by atoms with E-state index in [-0.39, 0.29) is 11.9 Å². The minimum absolute atomic E-state index is 0.0904. The molecule has 1 unspecified atom stereocenters. The molecule has 0 radical (unpaired) electrons. The topological polar surface area (TPSA) is 35.5 Å². The quantitative estimate of drug-likeness (QED) is 0.486. The van der Waals surface area contributed by atoms with E-state index in [1.807, 2.05) is 34.6 Å². The fourth-order valence-electron chi connectivity index (χ4n) is 0.415. The Morgan fingerprint density at radius 2 is 1.92 bits per heavy atom. The Balaban J connectivity index is 3.72. The van der Waals surface area contributed by atoms with Crippen LogP contribution in [-0.4, -0.2) is 11.6 Å². The van der Waals surface area contributed by atoms with Crippen molar-refractivity contribution >= 4 is 5.97 Å². The van der Waals surface area contributed by atoms with Gasteiger partial charge in [-0.25, -0.2) is 4.79 Å². The van der Waals surface area contributed by atoms with Crippen LogP contribution in [0.2, 0.25) is 0 Å². The molecule has 0 amide bonds. The smallest absolute Gasteiger partial charge is 0.298 e. The van der Waals surface area contributed by atoms with E-state index in [9.17, 15) is 4.79 Å². The van der Waals surface area contributed by atoms with E-state index in [0.29, 0.717) is 0 Å². The molecule has 0 bridgehead atoms. The number of carbonyl (C=O) groups is 1. The van der Waals surface area contributed by atoms with Crippen LogP contribution in [-0.2, 0) is 14.6 Å². The molecule has 1 atom stereocenters. The molecule has 0 saturated heterocycles. The summed E-state index contributed by atoms with van der Waals surface area (Å²) in [4.78, 5) is 20.6. The molecule has 0 fully saturated rings. The maximum absolute atomic E-state index is 11.1. The Morgan fingerprint density at radius 1 is 1.42 bits per heavy atom. The van der Waals surface area contributed by atoms with E-state index in [1.54, 1.807) is 0 Å². The van der Waals surface area contributed by atoms with Gasteiger partial charge in [0, 0.05) is 0 Å². The van der Waals surface area contributed by atoms with Gasteiger partial charge in [-0.2, -0.15) is 4.89 Å². The van der Waals surface area contributed by atoms with Gasteiger partial charge < -0.3 is 0 Å². The van der Waals surface area contributed by atoms with Crippen molar-refractivity contribution in [3.8, 4) is 0 Å². The summed E-state index contributed by atoms with van der Waals surface area (Å²) in [6, 6.07) is 0. The van der Waals surface area contributed by atoms with Crippen LogP contribution in [0.5, 0.6) is 0 Å². The molecule has 0 rings (SSSR count). The second-order valence-corrected chi connectivity index (χ2v) is 3.91. The molecule has 0 aromatic heterocycles.